The first-order valence-corrected chi connectivity index (χ1v) is 14.1. The lowest BCUT2D eigenvalue weighted by atomic mass is 9.65. The van der Waals surface area contributed by atoms with Crippen LogP contribution in [0.3, 0.4) is 0 Å². The fraction of sp³-hybridized carbons (Fsp3) is 0.0278. The Labute approximate surface area is 239 Å². The van der Waals surface area contributed by atoms with E-state index in [9.17, 15) is 5.11 Å². The molecule has 1 heterocycles. The van der Waals surface area contributed by atoms with Gasteiger partial charge in [0.1, 0.15) is 21.5 Å². The molecule has 7 aromatic carbocycles. The van der Waals surface area contributed by atoms with Gasteiger partial charge in [0, 0.05) is 10.8 Å². The van der Waals surface area contributed by atoms with Gasteiger partial charge < -0.3 is 5.11 Å². The summed E-state index contributed by atoms with van der Waals surface area (Å²) in [6.45, 7) is 0. The molecule has 0 saturated heterocycles. The van der Waals surface area contributed by atoms with Gasteiger partial charge in [-0.15, -0.1) is 0 Å². The Balaban J connectivity index is 1.60. The standard InChI is InChI=1S/C36H26B2N2O/c37-36(38,41)35-39-31-19-9-10-20-32(31)40(35)34-28-17-7-5-15-26(28)33(27-16-6-8-18-29(27)34)30-21-22-11-1-2-12-23(22)24-13-3-4-14-25(24)30/h1-21,41H,37-38H2. The first kappa shape index (κ1) is 24.0. The summed E-state index contributed by atoms with van der Waals surface area (Å²) in [4.78, 5) is 4.94. The van der Waals surface area contributed by atoms with Crippen LogP contribution < -0.4 is 0 Å². The van der Waals surface area contributed by atoms with Crippen LogP contribution in [0.25, 0.3) is 70.9 Å². The molecule has 0 fully saturated rings. The number of aliphatic hydroxyl groups is 1. The van der Waals surface area contributed by atoms with Gasteiger partial charge in [0.05, 0.1) is 22.1 Å². The van der Waals surface area contributed by atoms with Gasteiger partial charge in [-0.05, 0) is 61.6 Å². The maximum atomic E-state index is 11.3. The van der Waals surface area contributed by atoms with Gasteiger partial charge in [-0.1, -0.05) is 109 Å². The Hall–Kier alpha value is -4.86. The summed E-state index contributed by atoms with van der Waals surface area (Å²) in [6, 6.07) is 45.2. The third-order valence-electron chi connectivity index (χ3n) is 8.27. The molecule has 8 rings (SSSR count). The second kappa shape index (κ2) is 8.82. The third kappa shape index (κ3) is 3.56. The summed E-state index contributed by atoms with van der Waals surface area (Å²) < 4.78 is 2.17. The van der Waals surface area contributed by atoms with Crippen LogP contribution in [0.5, 0.6) is 0 Å². The van der Waals surface area contributed by atoms with Crippen molar-refractivity contribution in [3.05, 3.63) is 133 Å². The third-order valence-corrected chi connectivity index (χ3v) is 8.27. The quantitative estimate of drug-likeness (QED) is 0.159. The zero-order chi connectivity index (χ0) is 27.7. The fourth-order valence-electron chi connectivity index (χ4n) is 6.56. The number of rotatable bonds is 3. The maximum absolute atomic E-state index is 11.3. The molecule has 0 unspecified atom stereocenters. The van der Waals surface area contributed by atoms with E-state index in [4.69, 9.17) is 4.98 Å². The highest BCUT2D eigenvalue weighted by Crippen LogP contribution is 2.45. The zero-order valence-electron chi connectivity index (χ0n) is 23.0. The lowest BCUT2D eigenvalue weighted by Crippen LogP contribution is -2.30. The van der Waals surface area contributed by atoms with Crippen LogP contribution in [-0.2, 0) is 5.40 Å². The molecule has 192 valence electrons. The first-order valence-electron chi connectivity index (χ1n) is 14.1. The lowest BCUT2D eigenvalue weighted by molar-refractivity contribution is 0.205. The number of imidazole rings is 1. The van der Waals surface area contributed by atoms with E-state index in [1.54, 1.807) is 0 Å². The van der Waals surface area contributed by atoms with Crippen molar-refractivity contribution < 1.29 is 5.11 Å². The summed E-state index contributed by atoms with van der Waals surface area (Å²) in [7, 11) is 3.62. The Bertz CT molecular complexity index is 2260. The summed E-state index contributed by atoms with van der Waals surface area (Å²) >= 11 is 0. The molecular weight excluding hydrogens is 498 g/mol. The van der Waals surface area contributed by atoms with E-state index in [2.05, 4.69) is 114 Å². The minimum atomic E-state index is -1.14. The molecule has 8 aromatic rings. The van der Waals surface area contributed by atoms with Crippen LogP contribution in [0, 0.1) is 0 Å². The Morgan fingerprint density at radius 3 is 1.73 bits per heavy atom. The molecule has 3 nitrogen and oxygen atoms in total. The molecule has 0 aliphatic rings. The van der Waals surface area contributed by atoms with Crippen molar-refractivity contribution in [1.82, 2.24) is 9.55 Å². The highest BCUT2D eigenvalue weighted by atomic mass is 16.3. The van der Waals surface area contributed by atoms with E-state index in [0.29, 0.717) is 5.82 Å². The zero-order valence-corrected chi connectivity index (χ0v) is 23.0. The van der Waals surface area contributed by atoms with Gasteiger partial charge in [-0.3, -0.25) is 4.57 Å². The van der Waals surface area contributed by atoms with Crippen LogP contribution in [0.4, 0.5) is 0 Å². The van der Waals surface area contributed by atoms with Crippen LogP contribution in [0.1, 0.15) is 5.82 Å². The van der Waals surface area contributed by atoms with Crippen LogP contribution >= 0.6 is 0 Å². The van der Waals surface area contributed by atoms with E-state index in [0.717, 1.165) is 27.5 Å². The number of nitrogens with zero attached hydrogens (tertiary/aromatic N) is 2. The molecule has 0 radical (unpaired) electrons. The SMILES string of the molecule is BC(B)(O)c1nc2ccccc2n1-c1c2ccccc2c(-c2cc3ccccc3c3ccccc23)c2ccccc12. The second-order valence-corrected chi connectivity index (χ2v) is 11.3. The predicted octanol–water partition coefficient (Wildman–Crippen LogP) is 6.67. The van der Waals surface area contributed by atoms with Gasteiger partial charge >= 0.3 is 0 Å². The maximum Gasteiger partial charge on any atom is 0.141 e. The number of para-hydroxylation sites is 2. The van der Waals surface area contributed by atoms with E-state index >= 15 is 0 Å². The highest BCUT2D eigenvalue weighted by Gasteiger charge is 2.28. The average molecular weight is 524 g/mol. The normalized spacial score (nSPS) is 12.2. The molecular formula is C36H26B2N2O. The van der Waals surface area contributed by atoms with E-state index in [1.165, 1.54) is 43.4 Å². The number of fused-ring (bicyclic) bond motifs is 6. The van der Waals surface area contributed by atoms with Crippen molar-refractivity contribution in [1.29, 1.82) is 0 Å². The molecule has 0 aliphatic heterocycles. The molecule has 5 heteroatoms. The summed E-state index contributed by atoms with van der Waals surface area (Å²) in [5, 5.41) is 19.7. The van der Waals surface area contributed by atoms with Crippen LogP contribution in [0.15, 0.2) is 127 Å². The molecule has 0 amide bonds. The van der Waals surface area contributed by atoms with Crippen LogP contribution in [0.2, 0.25) is 0 Å². The molecule has 0 spiro atoms. The van der Waals surface area contributed by atoms with E-state index in [-0.39, 0.29) is 0 Å². The number of benzene rings is 7. The number of aromatic nitrogens is 2. The summed E-state index contributed by atoms with van der Waals surface area (Å²) in [5.41, 5.74) is 5.31. The van der Waals surface area contributed by atoms with Gasteiger partial charge in [-0.2, -0.15) is 0 Å². The Morgan fingerprint density at radius 2 is 1.07 bits per heavy atom. The van der Waals surface area contributed by atoms with Gasteiger partial charge in [0.15, 0.2) is 0 Å². The van der Waals surface area contributed by atoms with Crippen molar-refractivity contribution in [3.63, 3.8) is 0 Å². The smallest absolute Gasteiger partial charge is 0.141 e. The number of hydrogen-bond donors (Lipinski definition) is 1. The van der Waals surface area contributed by atoms with Crippen molar-refractivity contribution in [2.75, 3.05) is 0 Å². The molecule has 0 atom stereocenters. The Morgan fingerprint density at radius 1 is 0.561 bits per heavy atom. The van der Waals surface area contributed by atoms with Crippen molar-refractivity contribution in [3.8, 4) is 16.8 Å². The molecule has 0 saturated carbocycles. The van der Waals surface area contributed by atoms with Gasteiger partial charge in [0.25, 0.3) is 0 Å². The molecule has 1 aromatic heterocycles. The van der Waals surface area contributed by atoms with Gasteiger partial charge in [-0.25, -0.2) is 4.98 Å². The summed E-state index contributed by atoms with van der Waals surface area (Å²) in [6.07, 6.45) is 0. The predicted molar refractivity (Wildman–Crippen MR) is 178 cm³/mol. The first-order chi connectivity index (χ1) is 20.0. The minimum absolute atomic E-state index is 0.623. The van der Waals surface area contributed by atoms with E-state index in [1.807, 2.05) is 33.9 Å². The largest absolute Gasteiger partial charge is 0.400 e. The summed E-state index contributed by atoms with van der Waals surface area (Å²) in [5.74, 6) is 0.623. The molecule has 0 bridgehead atoms. The monoisotopic (exact) mass is 524 g/mol. The topological polar surface area (TPSA) is 38.1 Å². The van der Waals surface area contributed by atoms with E-state index < -0.39 is 5.40 Å². The number of hydrogen-bond acceptors (Lipinski definition) is 2. The van der Waals surface area contributed by atoms with Crippen molar-refractivity contribution >= 4 is 69.8 Å². The second-order valence-electron chi connectivity index (χ2n) is 11.3. The average Bonchev–Trinajstić information content (AvgIpc) is 3.40. The molecule has 0 aliphatic carbocycles. The van der Waals surface area contributed by atoms with Gasteiger partial charge in [0.2, 0.25) is 0 Å². The molecule has 1 N–H and O–H groups in total. The molecule has 41 heavy (non-hydrogen) atoms. The highest BCUT2D eigenvalue weighted by molar-refractivity contribution is 6.38. The van der Waals surface area contributed by atoms with Crippen molar-refractivity contribution in [2.45, 2.75) is 5.40 Å². The van der Waals surface area contributed by atoms with Crippen molar-refractivity contribution in [2.24, 2.45) is 0 Å². The lowest BCUT2D eigenvalue weighted by Gasteiger charge is -2.24. The Kier molecular flexibility index (Phi) is 5.16. The minimum Gasteiger partial charge on any atom is -0.400 e. The van der Waals surface area contributed by atoms with Crippen LogP contribution in [-0.4, -0.2) is 30.4 Å². The fourth-order valence-corrected chi connectivity index (χ4v) is 6.56.